The van der Waals surface area contributed by atoms with Gasteiger partial charge in [0.2, 0.25) is 0 Å². The zero-order valence-electron chi connectivity index (χ0n) is 10.9. The maximum Gasteiger partial charge on any atom is 0.146 e. The summed E-state index contributed by atoms with van der Waals surface area (Å²) in [6.07, 6.45) is 3.89. The van der Waals surface area contributed by atoms with Crippen molar-refractivity contribution in [3.8, 4) is 0 Å². The van der Waals surface area contributed by atoms with Gasteiger partial charge in [0, 0.05) is 10.8 Å². The van der Waals surface area contributed by atoms with Crippen LogP contribution in [0.25, 0.3) is 0 Å². The Balaban J connectivity index is 4.24. The van der Waals surface area contributed by atoms with Crippen molar-refractivity contribution in [1.82, 2.24) is 0 Å². The van der Waals surface area contributed by atoms with E-state index in [2.05, 4.69) is 0 Å². The standard InChI is InChI=1S/C13H24O2/c1-7-8-9-15-10-13(5,6)11(14)12(2,3)4/h7-8H,9-10H2,1-6H3/b8-7+. The van der Waals surface area contributed by atoms with Crippen LogP contribution in [0.1, 0.15) is 41.5 Å². The predicted molar refractivity (Wildman–Crippen MR) is 63.9 cm³/mol. The summed E-state index contributed by atoms with van der Waals surface area (Å²) < 4.78 is 5.45. The Morgan fingerprint density at radius 2 is 1.73 bits per heavy atom. The lowest BCUT2D eigenvalue weighted by atomic mass is 9.75. The first-order valence-electron chi connectivity index (χ1n) is 5.45. The molecule has 0 aliphatic heterocycles. The van der Waals surface area contributed by atoms with E-state index in [9.17, 15) is 4.79 Å². The van der Waals surface area contributed by atoms with E-state index >= 15 is 0 Å². The highest BCUT2D eigenvalue weighted by molar-refractivity contribution is 5.88. The molecule has 0 rings (SSSR count). The van der Waals surface area contributed by atoms with E-state index in [0.29, 0.717) is 13.2 Å². The molecule has 0 saturated heterocycles. The second-order valence-corrected chi connectivity index (χ2v) is 5.55. The molecule has 0 N–H and O–H groups in total. The smallest absolute Gasteiger partial charge is 0.146 e. The van der Waals surface area contributed by atoms with Crippen LogP contribution in [0.15, 0.2) is 12.2 Å². The molecule has 0 aliphatic rings. The van der Waals surface area contributed by atoms with Gasteiger partial charge in [0.05, 0.1) is 13.2 Å². The lowest BCUT2D eigenvalue weighted by Crippen LogP contribution is -2.38. The summed E-state index contributed by atoms with van der Waals surface area (Å²) in [4.78, 5) is 12.1. The van der Waals surface area contributed by atoms with Gasteiger partial charge in [-0.1, -0.05) is 46.8 Å². The van der Waals surface area contributed by atoms with Gasteiger partial charge in [0.1, 0.15) is 5.78 Å². The number of hydrogen-bond donors (Lipinski definition) is 0. The van der Waals surface area contributed by atoms with Crippen LogP contribution in [0, 0.1) is 10.8 Å². The van der Waals surface area contributed by atoms with Gasteiger partial charge >= 0.3 is 0 Å². The van der Waals surface area contributed by atoms with Crippen LogP contribution in [0.4, 0.5) is 0 Å². The summed E-state index contributed by atoms with van der Waals surface area (Å²) in [5.74, 6) is 0.246. The maximum atomic E-state index is 12.1. The molecule has 0 heterocycles. The van der Waals surface area contributed by atoms with Gasteiger partial charge < -0.3 is 4.74 Å². The molecule has 0 aromatic rings. The summed E-state index contributed by atoms with van der Waals surface area (Å²) in [5.41, 5.74) is -0.701. The van der Waals surface area contributed by atoms with Crippen molar-refractivity contribution in [2.75, 3.05) is 13.2 Å². The van der Waals surface area contributed by atoms with Crippen molar-refractivity contribution in [2.45, 2.75) is 41.5 Å². The minimum Gasteiger partial charge on any atom is -0.376 e. The van der Waals surface area contributed by atoms with Crippen LogP contribution in [0.3, 0.4) is 0 Å². The molecule has 0 atom stereocenters. The summed E-state index contributed by atoms with van der Waals surface area (Å²) in [7, 11) is 0. The Kier molecular flexibility index (Phi) is 5.22. The molecular formula is C13H24O2. The van der Waals surface area contributed by atoms with Gasteiger partial charge in [-0.05, 0) is 6.92 Å². The van der Waals surface area contributed by atoms with Crippen LogP contribution in [-0.4, -0.2) is 19.0 Å². The average Bonchev–Trinajstić information content (AvgIpc) is 2.10. The first-order valence-corrected chi connectivity index (χ1v) is 5.45. The predicted octanol–water partition coefficient (Wildman–Crippen LogP) is 3.22. The number of carbonyl (C=O) groups is 1. The molecule has 15 heavy (non-hydrogen) atoms. The van der Waals surface area contributed by atoms with Crippen molar-refractivity contribution >= 4 is 5.78 Å². The van der Waals surface area contributed by atoms with E-state index in [1.165, 1.54) is 0 Å². The topological polar surface area (TPSA) is 26.3 Å². The fourth-order valence-electron chi connectivity index (χ4n) is 1.56. The second-order valence-electron chi connectivity index (χ2n) is 5.55. The molecule has 0 radical (unpaired) electrons. The quantitative estimate of drug-likeness (QED) is 0.516. The fraction of sp³-hybridized carbons (Fsp3) is 0.769. The van der Waals surface area contributed by atoms with E-state index in [-0.39, 0.29) is 11.2 Å². The van der Waals surface area contributed by atoms with E-state index in [4.69, 9.17) is 4.74 Å². The molecule has 0 unspecified atom stereocenters. The van der Waals surface area contributed by atoms with Gasteiger partial charge in [-0.2, -0.15) is 0 Å². The van der Waals surface area contributed by atoms with Gasteiger partial charge in [0.25, 0.3) is 0 Å². The fourth-order valence-corrected chi connectivity index (χ4v) is 1.56. The summed E-state index contributed by atoms with van der Waals surface area (Å²) >= 11 is 0. The van der Waals surface area contributed by atoms with Crippen LogP contribution in [0.2, 0.25) is 0 Å². The first-order chi connectivity index (χ1) is 6.72. The zero-order valence-corrected chi connectivity index (χ0v) is 10.9. The molecule has 0 amide bonds. The maximum absolute atomic E-state index is 12.1. The highest BCUT2D eigenvalue weighted by atomic mass is 16.5. The monoisotopic (exact) mass is 212 g/mol. The number of ether oxygens (including phenoxy) is 1. The zero-order chi connectivity index (χ0) is 12.1. The summed E-state index contributed by atoms with van der Waals surface area (Å²) in [5, 5.41) is 0. The van der Waals surface area contributed by atoms with Gasteiger partial charge in [-0.15, -0.1) is 0 Å². The van der Waals surface area contributed by atoms with Crippen LogP contribution in [0.5, 0.6) is 0 Å². The Bertz CT molecular complexity index is 231. The lowest BCUT2D eigenvalue weighted by Gasteiger charge is -2.30. The largest absolute Gasteiger partial charge is 0.376 e. The summed E-state index contributed by atoms with van der Waals surface area (Å²) in [6, 6.07) is 0. The molecule has 0 saturated carbocycles. The Hall–Kier alpha value is -0.630. The van der Waals surface area contributed by atoms with Crippen molar-refractivity contribution in [1.29, 1.82) is 0 Å². The Labute approximate surface area is 93.7 Å². The van der Waals surface area contributed by atoms with Crippen LogP contribution < -0.4 is 0 Å². The SMILES string of the molecule is C/C=C/COCC(C)(C)C(=O)C(C)(C)C. The van der Waals surface area contributed by atoms with E-state index < -0.39 is 5.41 Å². The minimum absolute atomic E-state index is 0.246. The van der Waals surface area contributed by atoms with E-state index in [1.807, 2.05) is 53.7 Å². The molecule has 2 nitrogen and oxygen atoms in total. The van der Waals surface area contributed by atoms with Crippen molar-refractivity contribution in [3.63, 3.8) is 0 Å². The van der Waals surface area contributed by atoms with Gasteiger partial charge in [0.15, 0.2) is 0 Å². The van der Waals surface area contributed by atoms with Crippen molar-refractivity contribution in [2.24, 2.45) is 10.8 Å². The molecule has 0 aromatic heterocycles. The molecule has 0 fully saturated rings. The van der Waals surface area contributed by atoms with E-state index in [0.717, 1.165) is 0 Å². The molecule has 0 spiro atoms. The van der Waals surface area contributed by atoms with Gasteiger partial charge in [-0.25, -0.2) is 0 Å². The van der Waals surface area contributed by atoms with Crippen LogP contribution in [-0.2, 0) is 9.53 Å². The van der Waals surface area contributed by atoms with E-state index in [1.54, 1.807) is 0 Å². The average molecular weight is 212 g/mol. The molecule has 0 bridgehead atoms. The number of allylic oxidation sites excluding steroid dienone is 1. The molecular weight excluding hydrogens is 188 g/mol. The molecule has 2 heteroatoms. The number of rotatable bonds is 5. The number of ketones is 1. The van der Waals surface area contributed by atoms with Gasteiger partial charge in [-0.3, -0.25) is 4.79 Å². The number of carbonyl (C=O) groups excluding carboxylic acids is 1. The Morgan fingerprint density at radius 3 is 2.13 bits per heavy atom. The summed E-state index contributed by atoms with van der Waals surface area (Å²) in [6.45, 7) is 12.7. The minimum atomic E-state index is -0.403. The Morgan fingerprint density at radius 1 is 1.20 bits per heavy atom. The molecule has 0 aromatic carbocycles. The lowest BCUT2D eigenvalue weighted by molar-refractivity contribution is -0.138. The van der Waals surface area contributed by atoms with Crippen molar-refractivity contribution in [3.05, 3.63) is 12.2 Å². The third-order valence-corrected chi connectivity index (χ3v) is 2.21. The second kappa shape index (κ2) is 5.45. The molecule has 0 aliphatic carbocycles. The van der Waals surface area contributed by atoms with Crippen molar-refractivity contribution < 1.29 is 9.53 Å². The number of Topliss-reactive ketones (excluding diaryl/α,β-unsaturated/α-hetero) is 1. The molecule has 88 valence electrons. The number of hydrogen-bond acceptors (Lipinski definition) is 2. The highest BCUT2D eigenvalue weighted by Crippen LogP contribution is 2.29. The van der Waals surface area contributed by atoms with Crippen LogP contribution >= 0.6 is 0 Å². The normalized spacial score (nSPS) is 13.5. The third kappa shape index (κ3) is 5.12. The highest BCUT2D eigenvalue weighted by Gasteiger charge is 2.35. The first kappa shape index (κ1) is 14.4. The third-order valence-electron chi connectivity index (χ3n) is 2.21.